The van der Waals surface area contributed by atoms with E-state index in [1.807, 2.05) is 7.05 Å². The summed E-state index contributed by atoms with van der Waals surface area (Å²) in [6.07, 6.45) is 3.45. The van der Waals surface area contributed by atoms with Crippen LogP contribution in [0.2, 0.25) is 0 Å². The Balaban J connectivity index is 0.00000324. The van der Waals surface area contributed by atoms with Crippen molar-refractivity contribution in [3.05, 3.63) is 20.8 Å². The maximum atomic E-state index is 4.30. The van der Waals surface area contributed by atoms with Crippen molar-refractivity contribution in [3.63, 3.8) is 0 Å². The molecule has 19 heavy (non-hydrogen) atoms. The Labute approximate surface area is 146 Å². The molecule has 110 valence electrons. The van der Waals surface area contributed by atoms with Gasteiger partial charge in [0.05, 0.1) is 3.79 Å². The van der Waals surface area contributed by atoms with Crippen LogP contribution in [0.4, 0.5) is 0 Å². The topological polar surface area (TPSA) is 27.6 Å². The molecule has 1 rings (SSSR count). The second kappa shape index (κ2) is 10.9. The minimum Gasteiger partial charge on any atom is -0.356 e. The molecule has 0 amide bonds. The van der Waals surface area contributed by atoms with Gasteiger partial charge in [0.25, 0.3) is 0 Å². The zero-order valence-corrected chi connectivity index (χ0v) is 16.5. The molecular weight excluding hydrogens is 437 g/mol. The second-order valence-corrected chi connectivity index (χ2v) is 6.75. The summed E-state index contributed by atoms with van der Waals surface area (Å²) in [7, 11) is 3.93. The molecule has 0 saturated heterocycles. The molecule has 0 saturated carbocycles. The molecule has 3 nitrogen and oxygen atoms in total. The lowest BCUT2D eigenvalue weighted by Gasteiger charge is -2.21. The predicted octanol–water partition coefficient (Wildman–Crippen LogP) is 3.98. The molecule has 0 aliphatic rings. The number of halogens is 2. The molecule has 0 unspecified atom stereocenters. The van der Waals surface area contributed by atoms with Crippen LogP contribution >= 0.6 is 51.2 Å². The van der Waals surface area contributed by atoms with Gasteiger partial charge in [-0.2, -0.15) is 0 Å². The lowest BCUT2D eigenvalue weighted by atomic mass is 10.3. The van der Waals surface area contributed by atoms with Gasteiger partial charge in [-0.25, -0.2) is 0 Å². The number of aliphatic imine (C=N–C) groups is 1. The van der Waals surface area contributed by atoms with Gasteiger partial charge < -0.3 is 10.2 Å². The highest BCUT2D eigenvalue weighted by Gasteiger charge is 2.04. The molecule has 0 aromatic carbocycles. The van der Waals surface area contributed by atoms with E-state index in [4.69, 9.17) is 0 Å². The highest BCUT2D eigenvalue weighted by atomic mass is 127. The SMILES string of the molecule is CCCCN(C)C(=NC)NCCc1ccc(Br)s1.I. The first-order chi connectivity index (χ1) is 8.67. The van der Waals surface area contributed by atoms with Gasteiger partial charge in [-0.3, -0.25) is 4.99 Å². The van der Waals surface area contributed by atoms with Crippen molar-refractivity contribution in [1.29, 1.82) is 0 Å². The third-order valence-corrected chi connectivity index (χ3v) is 4.39. The van der Waals surface area contributed by atoms with Crippen LogP contribution in [0.25, 0.3) is 0 Å². The van der Waals surface area contributed by atoms with Crippen LogP contribution in [0.15, 0.2) is 20.9 Å². The average Bonchev–Trinajstić information content (AvgIpc) is 2.77. The molecule has 0 spiro atoms. The summed E-state index contributed by atoms with van der Waals surface area (Å²) in [5, 5.41) is 3.40. The molecule has 1 aromatic heterocycles. The van der Waals surface area contributed by atoms with Crippen molar-refractivity contribution < 1.29 is 0 Å². The smallest absolute Gasteiger partial charge is 0.193 e. The zero-order valence-electron chi connectivity index (χ0n) is 11.8. The predicted molar refractivity (Wildman–Crippen MR) is 100 cm³/mol. The van der Waals surface area contributed by atoms with Crippen LogP contribution in [0.3, 0.4) is 0 Å². The quantitative estimate of drug-likeness (QED) is 0.395. The summed E-state index contributed by atoms with van der Waals surface area (Å²) in [5.74, 6) is 0.985. The minimum absolute atomic E-state index is 0. The fraction of sp³-hybridized carbons (Fsp3) is 0.615. The van der Waals surface area contributed by atoms with Gasteiger partial charge in [-0.15, -0.1) is 35.3 Å². The minimum atomic E-state index is 0. The molecule has 0 aliphatic carbocycles. The number of rotatable bonds is 6. The summed E-state index contributed by atoms with van der Waals surface area (Å²) < 4.78 is 1.20. The van der Waals surface area contributed by atoms with Crippen molar-refractivity contribution in [2.45, 2.75) is 26.2 Å². The molecule has 0 fully saturated rings. The fourth-order valence-corrected chi connectivity index (χ4v) is 3.15. The largest absolute Gasteiger partial charge is 0.356 e. The monoisotopic (exact) mass is 459 g/mol. The van der Waals surface area contributed by atoms with E-state index in [1.165, 1.54) is 21.5 Å². The van der Waals surface area contributed by atoms with E-state index in [0.717, 1.165) is 25.5 Å². The molecule has 0 bridgehead atoms. The van der Waals surface area contributed by atoms with Crippen molar-refractivity contribution in [2.24, 2.45) is 4.99 Å². The normalized spacial score (nSPS) is 11.1. The van der Waals surface area contributed by atoms with E-state index >= 15 is 0 Å². The van der Waals surface area contributed by atoms with E-state index in [9.17, 15) is 0 Å². The highest BCUT2D eigenvalue weighted by molar-refractivity contribution is 14.0. The van der Waals surface area contributed by atoms with Crippen LogP contribution in [0.1, 0.15) is 24.6 Å². The number of unbranched alkanes of at least 4 members (excludes halogenated alkanes) is 1. The van der Waals surface area contributed by atoms with Gasteiger partial charge in [0, 0.05) is 32.1 Å². The van der Waals surface area contributed by atoms with Crippen LogP contribution in [0.5, 0.6) is 0 Å². The number of guanidine groups is 1. The molecule has 0 aliphatic heterocycles. The first kappa shape index (κ1) is 19.2. The first-order valence-corrected chi connectivity index (χ1v) is 7.94. The number of nitrogens with one attached hydrogen (secondary N) is 1. The Morgan fingerprint density at radius 1 is 1.47 bits per heavy atom. The maximum absolute atomic E-state index is 4.30. The summed E-state index contributed by atoms with van der Waals surface area (Å²) in [6.45, 7) is 4.19. The van der Waals surface area contributed by atoms with Gasteiger partial charge >= 0.3 is 0 Å². The molecular formula is C13H23BrIN3S. The van der Waals surface area contributed by atoms with E-state index < -0.39 is 0 Å². The molecule has 6 heteroatoms. The summed E-state index contributed by atoms with van der Waals surface area (Å²) in [4.78, 5) is 7.88. The van der Waals surface area contributed by atoms with E-state index in [2.05, 4.69) is 57.2 Å². The maximum Gasteiger partial charge on any atom is 0.193 e. The average molecular weight is 460 g/mol. The number of thiophene rings is 1. The van der Waals surface area contributed by atoms with Crippen molar-refractivity contribution in [2.75, 3.05) is 27.2 Å². The Morgan fingerprint density at radius 3 is 2.74 bits per heavy atom. The highest BCUT2D eigenvalue weighted by Crippen LogP contribution is 2.21. The van der Waals surface area contributed by atoms with Gasteiger partial charge in [-0.1, -0.05) is 13.3 Å². The van der Waals surface area contributed by atoms with Gasteiger partial charge in [0.2, 0.25) is 0 Å². The van der Waals surface area contributed by atoms with Crippen LogP contribution in [-0.2, 0) is 6.42 Å². The van der Waals surface area contributed by atoms with Gasteiger partial charge in [0.15, 0.2) is 5.96 Å². The third kappa shape index (κ3) is 7.51. The summed E-state index contributed by atoms with van der Waals surface area (Å²) in [6, 6.07) is 4.27. The lowest BCUT2D eigenvalue weighted by Crippen LogP contribution is -2.40. The number of hydrogen-bond donors (Lipinski definition) is 1. The van der Waals surface area contributed by atoms with Crippen LogP contribution in [-0.4, -0.2) is 38.0 Å². The van der Waals surface area contributed by atoms with Crippen LogP contribution in [0, 0.1) is 0 Å². The summed E-state index contributed by atoms with van der Waals surface area (Å²) in [5.41, 5.74) is 0. The molecule has 0 atom stereocenters. The number of nitrogens with zero attached hydrogens (tertiary/aromatic N) is 2. The lowest BCUT2D eigenvalue weighted by molar-refractivity contribution is 0.465. The standard InChI is InChI=1S/C13H22BrN3S.HI/c1-4-5-10-17(3)13(15-2)16-9-8-11-6-7-12(14)18-11;/h6-7H,4-5,8-10H2,1-3H3,(H,15,16);1H. The van der Waals surface area contributed by atoms with E-state index in [0.29, 0.717) is 0 Å². The molecule has 1 N–H and O–H groups in total. The molecule has 1 heterocycles. The summed E-state index contributed by atoms with van der Waals surface area (Å²) >= 11 is 5.28. The van der Waals surface area contributed by atoms with Gasteiger partial charge in [-0.05, 0) is 40.9 Å². The molecule has 1 aromatic rings. The molecule has 0 radical (unpaired) electrons. The van der Waals surface area contributed by atoms with Crippen molar-refractivity contribution >= 4 is 57.2 Å². The Hall–Kier alpha value is 0.180. The van der Waals surface area contributed by atoms with E-state index in [-0.39, 0.29) is 24.0 Å². The Bertz CT molecular complexity index is 382. The van der Waals surface area contributed by atoms with Crippen LogP contribution < -0.4 is 5.32 Å². The first-order valence-electron chi connectivity index (χ1n) is 6.33. The van der Waals surface area contributed by atoms with E-state index in [1.54, 1.807) is 11.3 Å². The Morgan fingerprint density at radius 2 is 2.21 bits per heavy atom. The second-order valence-electron chi connectivity index (χ2n) is 4.20. The number of hydrogen-bond acceptors (Lipinski definition) is 2. The fourth-order valence-electron chi connectivity index (χ4n) is 1.67. The van der Waals surface area contributed by atoms with Crippen molar-refractivity contribution in [1.82, 2.24) is 10.2 Å². The van der Waals surface area contributed by atoms with Gasteiger partial charge in [0.1, 0.15) is 0 Å². The zero-order chi connectivity index (χ0) is 13.4. The third-order valence-electron chi connectivity index (χ3n) is 2.70. The Kier molecular flexibility index (Phi) is 11.0. The van der Waals surface area contributed by atoms with Crippen molar-refractivity contribution in [3.8, 4) is 0 Å².